The molecule has 0 amide bonds. The van der Waals surface area contributed by atoms with Crippen molar-refractivity contribution in [3.8, 4) is 0 Å². The summed E-state index contributed by atoms with van der Waals surface area (Å²) in [5.74, 6) is 0.624. The summed E-state index contributed by atoms with van der Waals surface area (Å²) in [6.45, 7) is 1.36. The number of aromatic nitrogens is 2. The first kappa shape index (κ1) is 36.4. The maximum Gasteiger partial charge on any atom is 0.121 e. The Morgan fingerprint density at radius 3 is 1.36 bits per heavy atom. The van der Waals surface area contributed by atoms with E-state index in [1.165, 1.54) is 65.5 Å². The second-order valence-corrected chi connectivity index (χ2v) is 15.0. The molecule has 1 aromatic heterocycles. The van der Waals surface area contributed by atoms with E-state index >= 15 is 0 Å². The van der Waals surface area contributed by atoms with Gasteiger partial charge in [-0.25, -0.2) is 4.98 Å². The zero-order valence-corrected chi connectivity index (χ0v) is 31.6. The van der Waals surface area contributed by atoms with E-state index < -0.39 is 11.1 Å². The summed E-state index contributed by atoms with van der Waals surface area (Å²) in [6, 6.07) is 65.0. The molecule has 1 saturated carbocycles. The third-order valence-electron chi connectivity index (χ3n) is 11.5. The van der Waals surface area contributed by atoms with E-state index in [-0.39, 0.29) is 6.04 Å². The fourth-order valence-electron chi connectivity index (χ4n) is 8.89. The van der Waals surface area contributed by atoms with E-state index in [2.05, 4.69) is 198 Å². The van der Waals surface area contributed by atoms with Gasteiger partial charge in [-0.15, -0.1) is 0 Å². The summed E-state index contributed by atoms with van der Waals surface area (Å²) in [6.07, 6.45) is 11.4. The molecule has 4 nitrogen and oxygen atoms in total. The molecule has 1 aliphatic carbocycles. The van der Waals surface area contributed by atoms with Gasteiger partial charge in [-0.05, 0) is 52.1 Å². The van der Waals surface area contributed by atoms with Gasteiger partial charge >= 0.3 is 0 Å². The normalized spacial score (nSPS) is 14.4. The van der Waals surface area contributed by atoms with Crippen molar-refractivity contribution in [2.75, 3.05) is 13.2 Å². The van der Waals surface area contributed by atoms with Crippen LogP contribution in [-0.4, -0.2) is 28.8 Å². The molecule has 8 rings (SSSR count). The lowest BCUT2D eigenvalue weighted by Gasteiger charge is -2.40. The van der Waals surface area contributed by atoms with Gasteiger partial charge in [0.05, 0.1) is 24.2 Å². The van der Waals surface area contributed by atoms with Crippen LogP contribution >= 0.6 is 0 Å². The second-order valence-electron chi connectivity index (χ2n) is 15.0. The number of rotatable bonds is 15. The van der Waals surface area contributed by atoms with Gasteiger partial charge in [-0.3, -0.25) is 5.32 Å². The van der Waals surface area contributed by atoms with E-state index in [1.54, 1.807) is 0 Å². The third kappa shape index (κ3) is 7.71. The Kier molecular flexibility index (Phi) is 11.4. The van der Waals surface area contributed by atoms with Crippen molar-refractivity contribution < 1.29 is 4.74 Å². The smallest absolute Gasteiger partial charge is 0.121 e. The zero-order chi connectivity index (χ0) is 37.2. The molecule has 1 heterocycles. The minimum absolute atomic E-state index is 0.0628. The predicted molar refractivity (Wildman–Crippen MR) is 224 cm³/mol. The lowest BCUT2D eigenvalue weighted by Crippen LogP contribution is -2.52. The van der Waals surface area contributed by atoms with Crippen LogP contribution in [0.15, 0.2) is 195 Å². The number of hydrogen-bond donors (Lipinski definition) is 1. The summed E-state index contributed by atoms with van der Waals surface area (Å²) in [7, 11) is 0. The molecule has 55 heavy (non-hydrogen) atoms. The van der Waals surface area contributed by atoms with Gasteiger partial charge < -0.3 is 9.30 Å². The van der Waals surface area contributed by atoms with Crippen LogP contribution < -0.4 is 5.32 Å². The van der Waals surface area contributed by atoms with Gasteiger partial charge in [-0.1, -0.05) is 201 Å². The van der Waals surface area contributed by atoms with E-state index in [1.807, 2.05) is 6.33 Å². The van der Waals surface area contributed by atoms with Crippen LogP contribution in [0.5, 0.6) is 0 Å². The van der Waals surface area contributed by atoms with E-state index in [9.17, 15) is 0 Å². The Labute approximate surface area is 326 Å². The van der Waals surface area contributed by atoms with Gasteiger partial charge in [0.1, 0.15) is 5.54 Å². The number of ether oxygens (including phenoxy) is 1. The largest absolute Gasteiger partial charge is 0.380 e. The van der Waals surface area contributed by atoms with Crippen molar-refractivity contribution in [1.29, 1.82) is 0 Å². The Hall–Kier alpha value is -5.55. The molecule has 1 aliphatic rings. The molecule has 1 fully saturated rings. The summed E-state index contributed by atoms with van der Waals surface area (Å²) in [5.41, 5.74) is 6.84. The van der Waals surface area contributed by atoms with Crippen LogP contribution in [0.4, 0.5) is 0 Å². The summed E-state index contributed by atoms with van der Waals surface area (Å²) >= 11 is 0. The van der Waals surface area contributed by atoms with E-state index in [4.69, 9.17) is 9.72 Å². The Balaban J connectivity index is 1.23. The number of nitrogens with zero attached hydrogens (tertiary/aromatic N) is 2. The van der Waals surface area contributed by atoms with Crippen molar-refractivity contribution in [3.63, 3.8) is 0 Å². The number of imidazole rings is 1. The molecular formula is C51H51N3O. The van der Waals surface area contributed by atoms with Crippen molar-refractivity contribution in [2.24, 2.45) is 5.92 Å². The standard InChI is InChI=1S/C51H51N3O/c1-8-22-41(23-9-1)38-55-39-49(53-50(42-24-10-2-11-25-42,43-26-12-3-13-27-43)44-28-14-4-15-29-44)36-48-37-54(40-52-48)51(45-30-16-5-17-31-45,46-32-18-6-19-33-46)47-34-20-7-21-35-47/h2-7,10-21,24-35,37,40-41,49,53H,1,8-9,22-23,36,38-39H2/t49-/m0/s1. The molecular weight excluding hydrogens is 671 g/mol. The van der Waals surface area contributed by atoms with Crippen LogP contribution in [0.2, 0.25) is 0 Å². The molecule has 0 radical (unpaired) electrons. The van der Waals surface area contributed by atoms with Crippen LogP contribution in [0.1, 0.15) is 71.2 Å². The molecule has 0 bridgehead atoms. The Bertz CT molecular complexity index is 1970. The molecule has 0 spiro atoms. The first-order valence-electron chi connectivity index (χ1n) is 20.0. The maximum absolute atomic E-state index is 6.75. The quantitative estimate of drug-likeness (QED) is 0.107. The predicted octanol–water partition coefficient (Wildman–Crippen LogP) is 10.8. The van der Waals surface area contributed by atoms with Gasteiger partial charge in [0, 0.05) is 25.3 Å². The van der Waals surface area contributed by atoms with Crippen molar-refractivity contribution in [3.05, 3.63) is 234 Å². The average Bonchev–Trinajstić information content (AvgIpc) is 3.74. The zero-order valence-electron chi connectivity index (χ0n) is 31.6. The molecule has 0 unspecified atom stereocenters. The van der Waals surface area contributed by atoms with Crippen molar-refractivity contribution in [1.82, 2.24) is 14.9 Å². The minimum Gasteiger partial charge on any atom is -0.380 e. The number of hydrogen-bond acceptors (Lipinski definition) is 3. The Morgan fingerprint density at radius 1 is 0.545 bits per heavy atom. The first-order valence-corrected chi connectivity index (χ1v) is 20.0. The highest BCUT2D eigenvalue weighted by Crippen LogP contribution is 2.41. The van der Waals surface area contributed by atoms with E-state index in [0.717, 1.165) is 12.3 Å². The molecule has 7 aromatic rings. The number of benzene rings is 6. The number of nitrogens with one attached hydrogen (secondary N) is 1. The van der Waals surface area contributed by atoms with Crippen LogP contribution in [0.3, 0.4) is 0 Å². The topological polar surface area (TPSA) is 39.1 Å². The second kappa shape index (κ2) is 17.3. The molecule has 6 aromatic carbocycles. The molecule has 1 atom stereocenters. The summed E-state index contributed by atoms with van der Waals surface area (Å²) in [4.78, 5) is 5.21. The Morgan fingerprint density at radius 2 is 0.945 bits per heavy atom. The van der Waals surface area contributed by atoms with Crippen LogP contribution in [0, 0.1) is 5.92 Å². The van der Waals surface area contributed by atoms with Gasteiger partial charge in [0.15, 0.2) is 0 Å². The highest BCUT2D eigenvalue weighted by atomic mass is 16.5. The SMILES string of the molecule is c1ccc(C(N[C@H](COCC2CCCCC2)Cc2cn(C(c3ccccc3)(c3ccccc3)c3ccccc3)cn2)(c2ccccc2)c2ccccc2)cc1. The lowest BCUT2D eigenvalue weighted by atomic mass is 9.76. The third-order valence-corrected chi connectivity index (χ3v) is 11.5. The monoisotopic (exact) mass is 721 g/mol. The summed E-state index contributed by atoms with van der Waals surface area (Å²) < 4.78 is 9.07. The average molecular weight is 722 g/mol. The highest BCUT2D eigenvalue weighted by molar-refractivity contribution is 5.52. The van der Waals surface area contributed by atoms with Crippen LogP contribution in [-0.2, 0) is 22.2 Å². The molecule has 4 heteroatoms. The molecule has 276 valence electrons. The van der Waals surface area contributed by atoms with Crippen molar-refractivity contribution >= 4 is 0 Å². The van der Waals surface area contributed by atoms with E-state index in [0.29, 0.717) is 18.9 Å². The lowest BCUT2D eigenvalue weighted by molar-refractivity contribution is 0.0650. The van der Waals surface area contributed by atoms with Crippen molar-refractivity contribution in [2.45, 2.75) is 55.6 Å². The van der Waals surface area contributed by atoms with Gasteiger partial charge in [0.25, 0.3) is 0 Å². The fourth-order valence-corrected chi connectivity index (χ4v) is 8.89. The van der Waals surface area contributed by atoms with Crippen LogP contribution in [0.25, 0.3) is 0 Å². The van der Waals surface area contributed by atoms with Gasteiger partial charge in [-0.2, -0.15) is 0 Å². The van der Waals surface area contributed by atoms with Gasteiger partial charge in [0.2, 0.25) is 0 Å². The maximum atomic E-state index is 6.75. The highest BCUT2D eigenvalue weighted by Gasteiger charge is 2.40. The first-order chi connectivity index (χ1) is 27.3. The molecule has 0 saturated heterocycles. The fraction of sp³-hybridized carbons (Fsp3) is 0.235. The summed E-state index contributed by atoms with van der Waals surface area (Å²) in [5, 5.41) is 4.27. The molecule has 0 aliphatic heterocycles. The minimum atomic E-state index is -0.632. The molecule has 1 N–H and O–H groups in total.